The van der Waals surface area contributed by atoms with Crippen molar-refractivity contribution in [2.24, 2.45) is 0 Å². The Bertz CT molecular complexity index is 555. The minimum absolute atomic E-state index is 0. The third kappa shape index (κ3) is 4.28. The van der Waals surface area contributed by atoms with Gasteiger partial charge in [0.05, 0.1) is 6.42 Å². The smallest absolute Gasteiger partial charge is 0.307 e. The second-order valence-electron chi connectivity index (χ2n) is 3.73. The molecule has 0 saturated carbocycles. The largest absolute Gasteiger partial charge is 0.481 e. The molecular formula is C14H14ClNO3. The highest BCUT2D eigenvalue weighted by Gasteiger charge is 2.08. The first kappa shape index (κ1) is 15.0. The van der Waals surface area contributed by atoms with E-state index >= 15 is 0 Å². The van der Waals surface area contributed by atoms with Gasteiger partial charge in [-0.3, -0.25) is 4.79 Å². The molecule has 0 amide bonds. The quantitative estimate of drug-likeness (QED) is 0.888. The van der Waals surface area contributed by atoms with Crippen LogP contribution in [-0.2, 0) is 11.2 Å². The van der Waals surface area contributed by atoms with E-state index < -0.39 is 5.97 Å². The molecule has 0 radical (unpaired) electrons. The molecule has 5 heteroatoms. The Morgan fingerprint density at radius 2 is 1.74 bits per heavy atom. The van der Waals surface area contributed by atoms with Crippen LogP contribution < -0.4 is 10.9 Å². The van der Waals surface area contributed by atoms with E-state index in [1.807, 2.05) is 0 Å². The summed E-state index contributed by atoms with van der Waals surface area (Å²) in [6, 6.07) is 14.0. The van der Waals surface area contributed by atoms with Crippen molar-refractivity contribution in [2.75, 3.05) is 0 Å². The van der Waals surface area contributed by atoms with Gasteiger partial charge in [0, 0.05) is 10.6 Å². The van der Waals surface area contributed by atoms with E-state index in [0.29, 0.717) is 22.1 Å². The van der Waals surface area contributed by atoms with Gasteiger partial charge in [-0.2, -0.15) is 0 Å². The van der Waals surface area contributed by atoms with Gasteiger partial charge in [-0.1, -0.05) is 29.8 Å². The van der Waals surface area contributed by atoms with E-state index in [1.54, 1.807) is 48.5 Å². The zero-order valence-corrected chi connectivity index (χ0v) is 10.9. The van der Waals surface area contributed by atoms with Crippen molar-refractivity contribution in [3.63, 3.8) is 0 Å². The van der Waals surface area contributed by atoms with Gasteiger partial charge < -0.3 is 16.0 Å². The predicted octanol–water partition coefficient (Wildman–Crippen LogP) is 3.92. The first-order chi connectivity index (χ1) is 8.65. The lowest BCUT2D eigenvalue weighted by atomic mass is 10.1. The van der Waals surface area contributed by atoms with Gasteiger partial charge in [0.25, 0.3) is 0 Å². The zero-order valence-electron chi connectivity index (χ0n) is 10.2. The minimum atomic E-state index is -0.887. The van der Waals surface area contributed by atoms with E-state index in [9.17, 15) is 4.79 Å². The highest BCUT2D eigenvalue weighted by Crippen LogP contribution is 2.26. The summed E-state index contributed by atoms with van der Waals surface area (Å²) < 4.78 is 5.64. The molecule has 4 nitrogen and oxygen atoms in total. The molecule has 100 valence electrons. The molecule has 0 bridgehead atoms. The molecule has 0 aliphatic rings. The number of benzene rings is 2. The highest BCUT2D eigenvalue weighted by atomic mass is 35.5. The molecule has 0 unspecified atom stereocenters. The summed E-state index contributed by atoms with van der Waals surface area (Å²) in [4.78, 5) is 10.7. The zero-order chi connectivity index (χ0) is 13.0. The summed E-state index contributed by atoms with van der Waals surface area (Å²) in [5.74, 6) is 0.279. The van der Waals surface area contributed by atoms with Crippen LogP contribution in [0, 0.1) is 0 Å². The van der Waals surface area contributed by atoms with Crippen LogP contribution in [0.2, 0.25) is 5.02 Å². The number of rotatable bonds is 4. The average molecular weight is 280 g/mol. The topological polar surface area (TPSA) is 81.5 Å². The summed E-state index contributed by atoms with van der Waals surface area (Å²) in [5.41, 5.74) is 0.639. The molecule has 4 N–H and O–H groups in total. The molecule has 2 rings (SSSR count). The van der Waals surface area contributed by atoms with Crippen LogP contribution >= 0.6 is 11.6 Å². The van der Waals surface area contributed by atoms with Gasteiger partial charge in [0.1, 0.15) is 11.5 Å². The SMILES string of the molecule is N.O=C(O)Cc1ccccc1Oc1ccc(Cl)cc1. The van der Waals surface area contributed by atoms with Crippen LogP contribution in [0.1, 0.15) is 5.56 Å². The average Bonchev–Trinajstić information content (AvgIpc) is 2.34. The molecule has 19 heavy (non-hydrogen) atoms. The van der Waals surface area contributed by atoms with Crippen LogP contribution in [0.5, 0.6) is 11.5 Å². The Morgan fingerprint density at radius 1 is 1.11 bits per heavy atom. The van der Waals surface area contributed by atoms with Crippen LogP contribution in [0.15, 0.2) is 48.5 Å². The number of hydrogen-bond acceptors (Lipinski definition) is 3. The molecule has 0 spiro atoms. The van der Waals surface area contributed by atoms with E-state index in [-0.39, 0.29) is 12.6 Å². The molecule has 0 heterocycles. The monoisotopic (exact) mass is 279 g/mol. The van der Waals surface area contributed by atoms with Crippen molar-refractivity contribution < 1.29 is 14.6 Å². The molecule has 0 saturated heterocycles. The third-order valence-corrected chi connectivity index (χ3v) is 2.61. The normalized spacial score (nSPS) is 9.53. The number of carboxylic acids is 1. The first-order valence-electron chi connectivity index (χ1n) is 5.38. The summed E-state index contributed by atoms with van der Waals surface area (Å²) in [6.07, 6.45) is -0.0657. The Kier molecular flexibility index (Phi) is 5.36. The maximum atomic E-state index is 10.7. The number of aliphatic carboxylic acids is 1. The molecule has 0 atom stereocenters. The first-order valence-corrected chi connectivity index (χ1v) is 5.76. The molecule has 0 fully saturated rings. The fraction of sp³-hybridized carbons (Fsp3) is 0.0714. The number of hydrogen-bond donors (Lipinski definition) is 2. The van der Waals surface area contributed by atoms with E-state index in [4.69, 9.17) is 21.4 Å². The van der Waals surface area contributed by atoms with Crippen molar-refractivity contribution in [3.05, 3.63) is 59.1 Å². The van der Waals surface area contributed by atoms with Crippen molar-refractivity contribution in [3.8, 4) is 11.5 Å². The summed E-state index contributed by atoms with van der Waals surface area (Å²) in [5, 5.41) is 9.45. The lowest BCUT2D eigenvalue weighted by Crippen LogP contribution is -2.01. The van der Waals surface area contributed by atoms with Crippen molar-refractivity contribution in [1.29, 1.82) is 0 Å². The molecule has 0 aliphatic heterocycles. The van der Waals surface area contributed by atoms with Crippen LogP contribution in [0.4, 0.5) is 0 Å². The fourth-order valence-corrected chi connectivity index (χ4v) is 1.67. The number of carboxylic acid groups (broad SMARTS) is 1. The molecule has 2 aromatic carbocycles. The highest BCUT2D eigenvalue weighted by molar-refractivity contribution is 6.30. The number of ether oxygens (including phenoxy) is 1. The standard InChI is InChI=1S/C14H11ClO3.H3N/c15-11-5-7-12(8-6-11)18-13-4-2-1-3-10(13)9-14(16)17;/h1-8H,9H2,(H,16,17);1H3. The Morgan fingerprint density at radius 3 is 2.37 bits per heavy atom. The van der Waals surface area contributed by atoms with Crippen molar-refractivity contribution in [2.45, 2.75) is 6.42 Å². The Labute approximate surface area is 116 Å². The molecule has 2 aromatic rings. The van der Waals surface area contributed by atoms with Gasteiger partial charge in [-0.25, -0.2) is 0 Å². The summed E-state index contributed by atoms with van der Waals surface area (Å²) >= 11 is 5.78. The van der Waals surface area contributed by atoms with Gasteiger partial charge >= 0.3 is 5.97 Å². The summed E-state index contributed by atoms with van der Waals surface area (Å²) in [7, 11) is 0. The molecule has 0 aliphatic carbocycles. The maximum absolute atomic E-state index is 10.7. The van der Waals surface area contributed by atoms with E-state index in [1.165, 1.54) is 0 Å². The molecule has 0 aromatic heterocycles. The summed E-state index contributed by atoms with van der Waals surface area (Å²) in [6.45, 7) is 0. The maximum Gasteiger partial charge on any atom is 0.307 e. The molecular weight excluding hydrogens is 266 g/mol. The van der Waals surface area contributed by atoms with Crippen molar-refractivity contribution >= 4 is 17.6 Å². The van der Waals surface area contributed by atoms with Crippen LogP contribution in [0.3, 0.4) is 0 Å². The second kappa shape index (κ2) is 6.78. The minimum Gasteiger partial charge on any atom is -0.481 e. The van der Waals surface area contributed by atoms with Gasteiger partial charge in [0.15, 0.2) is 0 Å². The van der Waals surface area contributed by atoms with Gasteiger partial charge in [-0.15, -0.1) is 0 Å². The Balaban J connectivity index is 0.00000180. The predicted molar refractivity (Wildman–Crippen MR) is 74.3 cm³/mol. The lowest BCUT2D eigenvalue weighted by Gasteiger charge is -2.09. The number of para-hydroxylation sites is 1. The van der Waals surface area contributed by atoms with Gasteiger partial charge in [0.2, 0.25) is 0 Å². The van der Waals surface area contributed by atoms with Crippen LogP contribution in [0.25, 0.3) is 0 Å². The third-order valence-electron chi connectivity index (χ3n) is 2.36. The van der Waals surface area contributed by atoms with E-state index in [0.717, 1.165) is 0 Å². The fourth-order valence-electron chi connectivity index (χ4n) is 1.54. The number of carbonyl (C=O) groups is 1. The van der Waals surface area contributed by atoms with Crippen LogP contribution in [-0.4, -0.2) is 11.1 Å². The Hall–Kier alpha value is -2.04. The second-order valence-corrected chi connectivity index (χ2v) is 4.17. The van der Waals surface area contributed by atoms with Crippen molar-refractivity contribution in [1.82, 2.24) is 6.15 Å². The lowest BCUT2D eigenvalue weighted by molar-refractivity contribution is -0.136. The van der Waals surface area contributed by atoms with Gasteiger partial charge in [-0.05, 0) is 30.3 Å². The van der Waals surface area contributed by atoms with E-state index in [2.05, 4.69) is 0 Å². The number of halogens is 1.